The molecule has 288 valence electrons. The van der Waals surface area contributed by atoms with Crippen LogP contribution >= 0.6 is 0 Å². The van der Waals surface area contributed by atoms with Gasteiger partial charge in [-0.15, -0.1) is 0 Å². The van der Waals surface area contributed by atoms with Gasteiger partial charge in [-0.3, -0.25) is 4.55 Å². The Kier molecular flexibility index (Phi) is 30.0. The van der Waals surface area contributed by atoms with Gasteiger partial charge in [-0.2, -0.15) is 8.42 Å². The van der Waals surface area contributed by atoms with E-state index in [0.717, 1.165) is 56.9 Å². The maximum Gasteiger partial charge on any atom is 0.294 e. The molecule has 4 heteroatoms. The predicted molar refractivity (Wildman–Crippen MR) is 217 cm³/mol. The van der Waals surface area contributed by atoms with Crippen LogP contribution in [0.2, 0.25) is 0 Å². The van der Waals surface area contributed by atoms with Crippen molar-refractivity contribution in [2.24, 2.45) is 0 Å². The predicted octanol–water partition coefficient (Wildman–Crippen LogP) is 15.3. The summed E-state index contributed by atoms with van der Waals surface area (Å²) in [6.45, 7) is 9.03. The molecule has 49 heavy (non-hydrogen) atoms. The molecule has 0 aromatic heterocycles. The quantitative estimate of drug-likeness (QED) is 0.0559. The Bertz CT molecular complexity index is 999. The van der Waals surface area contributed by atoms with E-state index in [9.17, 15) is 13.0 Å². The van der Waals surface area contributed by atoms with Crippen molar-refractivity contribution in [2.75, 3.05) is 0 Å². The third-order valence-electron chi connectivity index (χ3n) is 10.9. The molecular formula is C45H84O3S. The molecule has 0 aliphatic heterocycles. The summed E-state index contributed by atoms with van der Waals surface area (Å²) in [7, 11) is -4.27. The number of aryl methyl sites for hydroxylation is 1. The molecule has 0 saturated heterocycles. The van der Waals surface area contributed by atoms with E-state index in [1.807, 2.05) is 6.07 Å². The zero-order chi connectivity index (χ0) is 35.8. The Labute approximate surface area is 307 Å². The maximum absolute atomic E-state index is 12.9. The van der Waals surface area contributed by atoms with E-state index in [0.29, 0.717) is 0 Å². The van der Waals surface area contributed by atoms with E-state index >= 15 is 0 Å². The highest BCUT2D eigenvalue weighted by Crippen LogP contribution is 2.33. The van der Waals surface area contributed by atoms with Gasteiger partial charge in [0.2, 0.25) is 0 Å². The molecule has 0 saturated carbocycles. The summed E-state index contributed by atoms with van der Waals surface area (Å²) in [5.74, 6) is 0. The van der Waals surface area contributed by atoms with Crippen LogP contribution in [0.5, 0.6) is 0 Å². The molecule has 1 N–H and O–H groups in total. The smallest absolute Gasteiger partial charge is 0.282 e. The van der Waals surface area contributed by atoms with Crippen LogP contribution < -0.4 is 0 Å². The average Bonchev–Trinajstić information content (AvgIpc) is 3.08. The first-order valence-electron chi connectivity index (χ1n) is 22.0. The second-order valence-corrected chi connectivity index (χ2v) is 16.9. The minimum absolute atomic E-state index is 0.223. The fourth-order valence-corrected chi connectivity index (χ4v) is 8.66. The van der Waals surface area contributed by atoms with Crippen molar-refractivity contribution in [3.05, 3.63) is 28.3 Å². The summed E-state index contributed by atoms with van der Waals surface area (Å²) in [4.78, 5) is 0.223. The topological polar surface area (TPSA) is 54.4 Å². The van der Waals surface area contributed by atoms with E-state index in [1.165, 1.54) is 190 Å². The second kappa shape index (κ2) is 31.8. The highest BCUT2D eigenvalue weighted by atomic mass is 32.2. The SMILES string of the molecule is CCCCCCCCCCCCc1c(CCC)cc(S(=O)(=O)O)c(CCCCCCCCCCCC)c1CCCCCCCCCCCC. The third-order valence-corrected chi connectivity index (χ3v) is 11.8. The summed E-state index contributed by atoms with van der Waals surface area (Å²) in [5, 5.41) is 0. The van der Waals surface area contributed by atoms with E-state index in [4.69, 9.17) is 0 Å². The van der Waals surface area contributed by atoms with Gasteiger partial charge in [0, 0.05) is 0 Å². The Morgan fingerprint density at radius 3 is 0.959 bits per heavy atom. The van der Waals surface area contributed by atoms with Crippen LogP contribution in [0, 0.1) is 0 Å². The first-order chi connectivity index (χ1) is 23.9. The maximum atomic E-state index is 12.9. The molecule has 0 aliphatic carbocycles. The average molecular weight is 705 g/mol. The summed E-state index contributed by atoms with van der Waals surface area (Å²) in [6, 6.07) is 1.89. The van der Waals surface area contributed by atoms with E-state index in [2.05, 4.69) is 27.7 Å². The van der Waals surface area contributed by atoms with Crippen molar-refractivity contribution in [3.8, 4) is 0 Å². The van der Waals surface area contributed by atoms with Gasteiger partial charge in [-0.25, -0.2) is 0 Å². The lowest BCUT2D eigenvalue weighted by Crippen LogP contribution is -2.13. The van der Waals surface area contributed by atoms with Gasteiger partial charge in [0.05, 0.1) is 4.90 Å². The standard InChI is InChI=1S/C45H84O3S/c1-5-9-12-15-18-21-24-27-30-33-37-42-41(36-8-4)40-45(49(46,47)48)44(39-35-32-29-26-23-20-17-14-11-7-3)43(42)38-34-31-28-25-22-19-16-13-10-6-2/h40H,5-39H2,1-4H3,(H,46,47,48). The van der Waals surface area contributed by atoms with Gasteiger partial charge in [0.15, 0.2) is 0 Å². The Morgan fingerprint density at radius 1 is 0.367 bits per heavy atom. The van der Waals surface area contributed by atoms with Crippen molar-refractivity contribution in [3.63, 3.8) is 0 Å². The van der Waals surface area contributed by atoms with Crippen LogP contribution in [0.1, 0.15) is 249 Å². The van der Waals surface area contributed by atoms with Gasteiger partial charge in [0.1, 0.15) is 0 Å². The van der Waals surface area contributed by atoms with Gasteiger partial charge >= 0.3 is 0 Å². The summed E-state index contributed by atoms with van der Waals surface area (Å²) in [5.41, 5.74) is 4.87. The van der Waals surface area contributed by atoms with Crippen LogP contribution in [0.15, 0.2) is 11.0 Å². The molecule has 0 atom stereocenters. The van der Waals surface area contributed by atoms with Crippen LogP contribution in [-0.2, 0) is 35.8 Å². The van der Waals surface area contributed by atoms with Crippen LogP contribution in [-0.4, -0.2) is 13.0 Å². The number of hydrogen-bond donors (Lipinski definition) is 1. The second-order valence-electron chi connectivity index (χ2n) is 15.5. The Balaban J connectivity index is 2.98. The summed E-state index contributed by atoms with van der Waals surface area (Å²) in [6.07, 6.45) is 43.7. The summed E-state index contributed by atoms with van der Waals surface area (Å²) < 4.78 is 36.3. The normalized spacial score (nSPS) is 11.9. The molecule has 1 aromatic rings. The molecule has 0 unspecified atom stereocenters. The number of rotatable bonds is 36. The monoisotopic (exact) mass is 705 g/mol. The Hall–Kier alpha value is -0.870. The molecule has 0 heterocycles. The zero-order valence-electron chi connectivity index (χ0n) is 33.5. The van der Waals surface area contributed by atoms with Gasteiger partial charge < -0.3 is 0 Å². The van der Waals surface area contributed by atoms with Crippen LogP contribution in [0.4, 0.5) is 0 Å². The molecule has 0 amide bonds. The lowest BCUT2D eigenvalue weighted by atomic mass is 9.85. The minimum Gasteiger partial charge on any atom is -0.282 e. The fraction of sp³-hybridized carbons (Fsp3) is 0.867. The molecule has 1 aromatic carbocycles. The first-order valence-corrected chi connectivity index (χ1v) is 23.5. The fourth-order valence-electron chi connectivity index (χ4n) is 7.83. The van der Waals surface area contributed by atoms with Crippen LogP contribution in [0.3, 0.4) is 0 Å². The Morgan fingerprint density at radius 2 is 0.653 bits per heavy atom. The number of benzene rings is 1. The largest absolute Gasteiger partial charge is 0.294 e. The van der Waals surface area contributed by atoms with E-state index in [1.54, 1.807) is 0 Å². The van der Waals surface area contributed by atoms with Crippen molar-refractivity contribution in [1.82, 2.24) is 0 Å². The highest BCUT2D eigenvalue weighted by molar-refractivity contribution is 7.85. The molecule has 1 rings (SSSR count). The van der Waals surface area contributed by atoms with E-state index in [-0.39, 0.29) is 4.90 Å². The molecule has 0 bridgehead atoms. The first kappa shape index (κ1) is 46.2. The van der Waals surface area contributed by atoms with Crippen molar-refractivity contribution in [2.45, 2.75) is 257 Å². The van der Waals surface area contributed by atoms with Crippen LogP contribution in [0.25, 0.3) is 0 Å². The van der Waals surface area contributed by atoms with E-state index < -0.39 is 10.1 Å². The van der Waals surface area contributed by atoms with Gasteiger partial charge in [-0.05, 0) is 73.3 Å². The number of unbranched alkanes of at least 4 members (excludes halogenated alkanes) is 27. The van der Waals surface area contributed by atoms with Crippen molar-refractivity contribution < 1.29 is 13.0 Å². The lowest BCUT2D eigenvalue weighted by molar-refractivity contribution is 0.480. The van der Waals surface area contributed by atoms with Gasteiger partial charge in [0.25, 0.3) is 10.1 Å². The molecule has 3 nitrogen and oxygen atoms in total. The molecule has 0 fully saturated rings. The zero-order valence-corrected chi connectivity index (χ0v) is 34.3. The summed E-state index contributed by atoms with van der Waals surface area (Å²) >= 11 is 0. The molecule has 0 aliphatic rings. The third kappa shape index (κ3) is 23.3. The molecule has 0 spiro atoms. The lowest BCUT2D eigenvalue weighted by Gasteiger charge is -2.22. The highest BCUT2D eigenvalue weighted by Gasteiger charge is 2.23. The van der Waals surface area contributed by atoms with Gasteiger partial charge in [-0.1, -0.05) is 207 Å². The minimum atomic E-state index is -4.27. The van der Waals surface area contributed by atoms with Crippen molar-refractivity contribution >= 4 is 10.1 Å². The number of hydrogen-bond acceptors (Lipinski definition) is 2. The molecular weight excluding hydrogens is 621 g/mol. The molecule has 0 radical (unpaired) electrons. The van der Waals surface area contributed by atoms with Crippen molar-refractivity contribution in [1.29, 1.82) is 0 Å².